The third kappa shape index (κ3) is 4.22. The van der Waals surface area contributed by atoms with Crippen molar-refractivity contribution in [2.75, 3.05) is 6.54 Å². The minimum atomic E-state index is 0.325. The summed E-state index contributed by atoms with van der Waals surface area (Å²) in [5.74, 6) is 0.582. The molecule has 3 heteroatoms. The first kappa shape index (κ1) is 11.7. The van der Waals surface area contributed by atoms with Crippen LogP contribution < -0.4 is 11.1 Å². The minimum absolute atomic E-state index is 0.325. The Morgan fingerprint density at radius 1 is 1.50 bits per heavy atom. The molecule has 0 aliphatic heterocycles. The Labute approximate surface area is 90.5 Å². The zero-order valence-corrected chi connectivity index (χ0v) is 9.81. The van der Waals surface area contributed by atoms with Gasteiger partial charge in [-0.05, 0) is 30.3 Å². The molecule has 0 aliphatic rings. The van der Waals surface area contributed by atoms with Gasteiger partial charge in [-0.15, -0.1) is 11.3 Å². The maximum absolute atomic E-state index is 5.94. The van der Waals surface area contributed by atoms with Crippen molar-refractivity contribution in [1.82, 2.24) is 5.32 Å². The summed E-state index contributed by atoms with van der Waals surface area (Å²) in [5, 5.41) is 5.51. The molecule has 1 aromatic rings. The van der Waals surface area contributed by atoms with Crippen molar-refractivity contribution in [3.05, 3.63) is 22.4 Å². The van der Waals surface area contributed by atoms with Crippen LogP contribution in [-0.2, 0) is 6.54 Å². The predicted octanol–water partition coefficient (Wildman–Crippen LogP) is 2.21. The lowest BCUT2D eigenvalue weighted by Crippen LogP contribution is -2.30. The molecule has 0 saturated carbocycles. The van der Waals surface area contributed by atoms with Crippen molar-refractivity contribution < 1.29 is 0 Å². The van der Waals surface area contributed by atoms with Gasteiger partial charge < -0.3 is 11.1 Å². The van der Waals surface area contributed by atoms with Crippen LogP contribution in [0.4, 0.5) is 0 Å². The van der Waals surface area contributed by atoms with Crippen LogP contribution in [0.25, 0.3) is 0 Å². The number of nitrogens with two attached hydrogens (primary N) is 1. The molecule has 14 heavy (non-hydrogen) atoms. The first-order valence-electron chi connectivity index (χ1n) is 5.19. The summed E-state index contributed by atoms with van der Waals surface area (Å²) in [6, 6.07) is 4.56. The maximum atomic E-state index is 5.94. The van der Waals surface area contributed by atoms with E-state index in [0.29, 0.717) is 12.0 Å². The first-order valence-corrected chi connectivity index (χ1v) is 6.07. The third-order valence-electron chi connectivity index (χ3n) is 2.39. The summed E-state index contributed by atoms with van der Waals surface area (Å²) in [6.07, 6.45) is 1.06. The van der Waals surface area contributed by atoms with Crippen molar-refractivity contribution in [1.29, 1.82) is 0 Å². The third-order valence-corrected chi connectivity index (χ3v) is 3.27. The number of nitrogens with one attached hydrogen (secondary N) is 1. The Kier molecular flexibility index (Phi) is 5.15. The van der Waals surface area contributed by atoms with Crippen molar-refractivity contribution in [3.63, 3.8) is 0 Å². The Morgan fingerprint density at radius 3 is 2.86 bits per heavy atom. The van der Waals surface area contributed by atoms with Crippen molar-refractivity contribution in [3.8, 4) is 0 Å². The second kappa shape index (κ2) is 6.17. The zero-order valence-electron chi connectivity index (χ0n) is 8.99. The van der Waals surface area contributed by atoms with E-state index < -0.39 is 0 Å². The largest absolute Gasteiger partial charge is 0.327 e. The average molecular weight is 212 g/mol. The highest BCUT2D eigenvalue weighted by molar-refractivity contribution is 7.09. The van der Waals surface area contributed by atoms with E-state index in [4.69, 9.17) is 5.73 Å². The van der Waals surface area contributed by atoms with E-state index in [1.54, 1.807) is 11.3 Å². The van der Waals surface area contributed by atoms with Gasteiger partial charge in [0.25, 0.3) is 0 Å². The molecule has 0 saturated heterocycles. The average Bonchev–Trinajstić information content (AvgIpc) is 2.64. The van der Waals surface area contributed by atoms with Crippen LogP contribution in [0.2, 0.25) is 0 Å². The van der Waals surface area contributed by atoms with E-state index in [0.717, 1.165) is 19.5 Å². The predicted molar refractivity (Wildman–Crippen MR) is 63.5 cm³/mol. The van der Waals surface area contributed by atoms with Crippen LogP contribution in [0.15, 0.2) is 17.5 Å². The lowest BCUT2D eigenvalue weighted by atomic mass is 10.0. The number of hydrogen-bond donors (Lipinski definition) is 2. The molecule has 3 N–H and O–H groups in total. The molecule has 1 atom stereocenters. The van der Waals surface area contributed by atoms with Gasteiger partial charge in [0.05, 0.1) is 0 Å². The highest BCUT2D eigenvalue weighted by Gasteiger charge is 2.06. The molecule has 0 fully saturated rings. The van der Waals surface area contributed by atoms with E-state index in [-0.39, 0.29) is 0 Å². The minimum Gasteiger partial charge on any atom is -0.327 e. The van der Waals surface area contributed by atoms with Gasteiger partial charge in [0, 0.05) is 17.5 Å². The normalized spacial score (nSPS) is 13.4. The number of rotatable bonds is 6. The SMILES string of the molecule is CC(C)C(N)CCNCc1cccs1. The summed E-state index contributed by atoms with van der Waals surface area (Å²) in [7, 11) is 0. The second-order valence-corrected chi connectivity index (χ2v) is 4.98. The van der Waals surface area contributed by atoms with E-state index >= 15 is 0 Å². The first-order chi connectivity index (χ1) is 6.70. The fourth-order valence-electron chi connectivity index (χ4n) is 1.23. The van der Waals surface area contributed by atoms with Crippen LogP contribution in [0.5, 0.6) is 0 Å². The fourth-order valence-corrected chi connectivity index (χ4v) is 1.90. The van der Waals surface area contributed by atoms with Gasteiger partial charge in [0.15, 0.2) is 0 Å². The number of thiophene rings is 1. The topological polar surface area (TPSA) is 38.0 Å². The molecular weight excluding hydrogens is 192 g/mol. The maximum Gasteiger partial charge on any atom is 0.0299 e. The smallest absolute Gasteiger partial charge is 0.0299 e. The molecular formula is C11H20N2S. The van der Waals surface area contributed by atoms with Crippen LogP contribution in [0.1, 0.15) is 25.1 Å². The molecule has 1 rings (SSSR count). The molecule has 80 valence electrons. The Balaban J connectivity index is 2.05. The summed E-state index contributed by atoms with van der Waals surface area (Å²) in [6.45, 7) is 6.33. The van der Waals surface area contributed by atoms with Crippen LogP contribution in [0.3, 0.4) is 0 Å². The summed E-state index contributed by atoms with van der Waals surface area (Å²) in [5.41, 5.74) is 5.94. The van der Waals surface area contributed by atoms with E-state index in [2.05, 4.69) is 36.7 Å². The number of hydrogen-bond acceptors (Lipinski definition) is 3. The van der Waals surface area contributed by atoms with Gasteiger partial charge in [0.2, 0.25) is 0 Å². The Hall–Kier alpha value is -0.380. The van der Waals surface area contributed by atoms with Crippen LogP contribution in [-0.4, -0.2) is 12.6 Å². The lowest BCUT2D eigenvalue weighted by molar-refractivity contribution is 0.450. The van der Waals surface area contributed by atoms with Crippen molar-refractivity contribution in [2.45, 2.75) is 32.9 Å². The molecule has 0 radical (unpaired) electrons. The zero-order chi connectivity index (χ0) is 10.4. The molecule has 0 amide bonds. The van der Waals surface area contributed by atoms with E-state index in [1.807, 2.05) is 0 Å². The monoisotopic (exact) mass is 212 g/mol. The molecule has 0 aliphatic carbocycles. The van der Waals surface area contributed by atoms with Gasteiger partial charge in [-0.25, -0.2) is 0 Å². The lowest BCUT2D eigenvalue weighted by Gasteiger charge is -2.15. The molecule has 1 aromatic heterocycles. The van der Waals surface area contributed by atoms with Crippen molar-refractivity contribution >= 4 is 11.3 Å². The summed E-state index contributed by atoms with van der Waals surface area (Å²) < 4.78 is 0. The molecule has 2 nitrogen and oxygen atoms in total. The van der Waals surface area contributed by atoms with E-state index in [9.17, 15) is 0 Å². The standard InChI is InChI=1S/C11H20N2S/c1-9(2)11(12)5-6-13-8-10-4-3-7-14-10/h3-4,7,9,11,13H,5-6,8,12H2,1-2H3. The Morgan fingerprint density at radius 2 is 2.29 bits per heavy atom. The quantitative estimate of drug-likeness (QED) is 0.710. The van der Waals surface area contributed by atoms with Gasteiger partial charge in [-0.2, -0.15) is 0 Å². The summed E-state index contributed by atoms with van der Waals surface area (Å²) in [4.78, 5) is 1.39. The molecule has 1 heterocycles. The summed E-state index contributed by atoms with van der Waals surface area (Å²) >= 11 is 1.79. The van der Waals surface area contributed by atoms with Gasteiger partial charge in [-0.1, -0.05) is 19.9 Å². The Bertz CT molecular complexity index is 231. The van der Waals surface area contributed by atoms with Crippen LogP contribution >= 0.6 is 11.3 Å². The molecule has 0 spiro atoms. The van der Waals surface area contributed by atoms with Gasteiger partial charge in [0.1, 0.15) is 0 Å². The second-order valence-electron chi connectivity index (χ2n) is 3.95. The molecule has 0 bridgehead atoms. The van der Waals surface area contributed by atoms with Gasteiger partial charge >= 0.3 is 0 Å². The molecule has 1 unspecified atom stereocenters. The fraction of sp³-hybridized carbons (Fsp3) is 0.636. The molecule has 0 aromatic carbocycles. The van der Waals surface area contributed by atoms with Crippen molar-refractivity contribution in [2.24, 2.45) is 11.7 Å². The van der Waals surface area contributed by atoms with Gasteiger partial charge in [-0.3, -0.25) is 0 Å². The van der Waals surface area contributed by atoms with E-state index in [1.165, 1.54) is 4.88 Å². The van der Waals surface area contributed by atoms with Crippen LogP contribution in [0, 0.1) is 5.92 Å². The highest BCUT2D eigenvalue weighted by Crippen LogP contribution is 2.07. The highest BCUT2D eigenvalue weighted by atomic mass is 32.1.